The first-order valence-corrected chi connectivity index (χ1v) is 7.62. The molecule has 0 saturated carbocycles. The van der Waals surface area contributed by atoms with Gasteiger partial charge in [-0.1, -0.05) is 13.8 Å². The number of hydrogen-bond acceptors (Lipinski definition) is 4. The molecule has 0 saturated heterocycles. The standard InChI is InChI=1S/C17H21N3O4/c1-9(2)5-12-7-11(8-14(21)19-12)16(22)20-13-6-10(3)18-15(13)17(23)24-4/h6-9,18H,5H2,1-4H3,(H,19,21)(H,20,22). The van der Waals surface area contributed by atoms with Crippen molar-refractivity contribution in [3.63, 3.8) is 0 Å². The molecule has 2 heterocycles. The van der Waals surface area contributed by atoms with E-state index < -0.39 is 11.9 Å². The lowest BCUT2D eigenvalue weighted by Crippen LogP contribution is -2.19. The monoisotopic (exact) mass is 331 g/mol. The molecule has 0 radical (unpaired) electrons. The molecule has 2 aromatic heterocycles. The van der Waals surface area contributed by atoms with Crippen molar-refractivity contribution in [1.82, 2.24) is 9.97 Å². The molecule has 24 heavy (non-hydrogen) atoms. The third kappa shape index (κ3) is 4.13. The summed E-state index contributed by atoms with van der Waals surface area (Å²) in [6.45, 7) is 5.81. The maximum atomic E-state index is 12.4. The van der Waals surface area contributed by atoms with Crippen LogP contribution in [0.5, 0.6) is 0 Å². The molecule has 2 rings (SSSR count). The van der Waals surface area contributed by atoms with Crippen molar-refractivity contribution in [2.24, 2.45) is 5.92 Å². The third-order valence-electron chi connectivity index (χ3n) is 3.38. The molecule has 0 unspecified atom stereocenters. The minimum Gasteiger partial charge on any atom is -0.464 e. The number of rotatable bonds is 5. The van der Waals surface area contributed by atoms with Crippen molar-refractivity contribution in [2.75, 3.05) is 12.4 Å². The average Bonchev–Trinajstić information content (AvgIpc) is 2.85. The minimum atomic E-state index is -0.579. The van der Waals surface area contributed by atoms with Gasteiger partial charge in [0, 0.05) is 23.0 Å². The fraction of sp³-hybridized carbons (Fsp3) is 0.353. The van der Waals surface area contributed by atoms with Crippen LogP contribution in [0.1, 0.15) is 46.1 Å². The number of aryl methyl sites for hydroxylation is 1. The number of amides is 1. The number of aromatic nitrogens is 2. The molecule has 3 N–H and O–H groups in total. The number of anilines is 1. The maximum Gasteiger partial charge on any atom is 0.356 e. The van der Waals surface area contributed by atoms with Gasteiger partial charge in [-0.15, -0.1) is 0 Å². The normalized spacial score (nSPS) is 10.7. The average molecular weight is 331 g/mol. The van der Waals surface area contributed by atoms with E-state index in [4.69, 9.17) is 0 Å². The van der Waals surface area contributed by atoms with Gasteiger partial charge in [0.05, 0.1) is 12.8 Å². The van der Waals surface area contributed by atoms with E-state index in [0.29, 0.717) is 29.4 Å². The van der Waals surface area contributed by atoms with E-state index in [1.807, 2.05) is 13.8 Å². The number of H-pyrrole nitrogens is 2. The van der Waals surface area contributed by atoms with Crippen molar-refractivity contribution in [2.45, 2.75) is 27.2 Å². The quantitative estimate of drug-likeness (QED) is 0.731. The van der Waals surface area contributed by atoms with Gasteiger partial charge in [0.15, 0.2) is 0 Å². The predicted molar refractivity (Wildman–Crippen MR) is 90.4 cm³/mol. The van der Waals surface area contributed by atoms with Gasteiger partial charge < -0.3 is 20.0 Å². The lowest BCUT2D eigenvalue weighted by Gasteiger charge is -2.08. The number of pyridine rings is 1. The molecule has 0 bridgehead atoms. The van der Waals surface area contributed by atoms with Crippen molar-refractivity contribution in [3.8, 4) is 0 Å². The second-order valence-corrected chi connectivity index (χ2v) is 6.04. The predicted octanol–water partition coefficient (Wildman–Crippen LogP) is 2.25. The fourth-order valence-corrected chi connectivity index (χ4v) is 2.43. The van der Waals surface area contributed by atoms with E-state index in [9.17, 15) is 14.4 Å². The Morgan fingerprint density at radius 1 is 1.21 bits per heavy atom. The van der Waals surface area contributed by atoms with Crippen molar-refractivity contribution in [1.29, 1.82) is 0 Å². The molecule has 0 aliphatic rings. The largest absolute Gasteiger partial charge is 0.464 e. The molecular weight excluding hydrogens is 310 g/mol. The number of ether oxygens (including phenoxy) is 1. The molecule has 7 nitrogen and oxygen atoms in total. The first-order valence-electron chi connectivity index (χ1n) is 7.62. The Labute approximate surface area is 139 Å². The lowest BCUT2D eigenvalue weighted by molar-refractivity contribution is 0.0596. The fourth-order valence-electron chi connectivity index (χ4n) is 2.43. The zero-order valence-electron chi connectivity index (χ0n) is 14.1. The summed E-state index contributed by atoms with van der Waals surface area (Å²) < 4.78 is 4.68. The number of aromatic amines is 2. The highest BCUT2D eigenvalue weighted by atomic mass is 16.5. The zero-order valence-corrected chi connectivity index (χ0v) is 14.1. The second-order valence-electron chi connectivity index (χ2n) is 6.04. The second kappa shape index (κ2) is 7.16. The first kappa shape index (κ1) is 17.5. The van der Waals surface area contributed by atoms with Crippen LogP contribution in [-0.4, -0.2) is 29.0 Å². The molecular formula is C17H21N3O4. The highest BCUT2D eigenvalue weighted by Gasteiger charge is 2.18. The Bertz CT molecular complexity index is 817. The molecule has 2 aromatic rings. The number of esters is 1. The number of carbonyl (C=O) groups excluding carboxylic acids is 2. The summed E-state index contributed by atoms with van der Waals surface area (Å²) in [7, 11) is 1.26. The minimum absolute atomic E-state index is 0.163. The maximum absolute atomic E-state index is 12.4. The summed E-state index contributed by atoms with van der Waals surface area (Å²) in [5.41, 5.74) is 1.78. The van der Waals surface area contributed by atoms with Gasteiger partial charge in [-0.25, -0.2) is 4.79 Å². The van der Waals surface area contributed by atoms with Crippen LogP contribution in [0, 0.1) is 12.8 Å². The van der Waals surface area contributed by atoms with E-state index in [2.05, 4.69) is 20.0 Å². The molecule has 1 amide bonds. The van der Waals surface area contributed by atoms with Gasteiger partial charge in [0.2, 0.25) is 5.56 Å². The Hall–Kier alpha value is -2.83. The van der Waals surface area contributed by atoms with Crippen LogP contribution in [0.2, 0.25) is 0 Å². The summed E-state index contributed by atoms with van der Waals surface area (Å²) in [6, 6.07) is 4.51. The molecule has 0 fully saturated rings. The lowest BCUT2D eigenvalue weighted by atomic mass is 10.1. The van der Waals surface area contributed by atoms with E-state index in [1.165, 1.54) is 13.2 Å². The Morgan fingerprint density at radius 3 is 2.54 bits per heavy atom. The van der Waals surface area contributed by atoms with Gasteiger partial charge >= 0.3 is 5.97 Å². The molecule has 128 valence electrons. The van der Waals surface area contributed by atoms with E-state index in [-0.39, 0.29) is 16.8 Å². The van der Waals surface area contributed by atoms with Crippen molar-refractivity contribution >= 4 is 17.6 Å². The van der Waals surface area contributed by atoms with Crippen LogP contribution >= 0.6 is 0 Å². The summed E-state index contributed by atoms with van der Waals surface area (Å²) in [5.74, 6) is -0.697. The molecule has 0 aromatic carbocycles. The summed E-state index contributed by atoms with van der Waals surface area (Å²) in [4.78, 5) is 41.5. The van der Waals surface area contributed by atoms with Crippen molar-refractivity contribution in [3.05, 3.63) is 51.2 Å². The van der Waals surface area contributed by atoms with Gasteiger partial charge in [0.25, 0.3) is 5.91 Å². The number of nitrogens with one attached hydrogen (secondary N) is 3. The van der Waals surface area contributed by atoms with Crippen LogP contribution in [0.15, 0.2) is 23.0 Å². The molecule has 0 aliphatic heterocycles. The highest BCUT2D eigenvalue weighted by Crippen LogP contribution is 2.19. The Morgan fingerprint density at radius 2 is 1.92 bits per heavy atom. The Kier molecular flexibility index (Phi) is 5.23. The van der Waals surface area contributed by atoms with Crippen LogP contribution in [-0.2, 0) is 11.2 Å². The molecule has 7 heteroatoms. The number of hydrogen-bond donors (Lipinski definition) is 3. The molecule has 0 aliphatic carbocycles. The van der Waals surface area contributed by atoms with E-state index in [1.54, 1.807) is 19.1 Å². The number of carbonyl (C=O) groups is 2. The zero-order chi connectivity index (χ0) is 17.9. The van der Waals surface area contributed by atoms with Crippen LogP contribution in [0.3, 0.4) is 0 Å². The highest BCUT2D eigenvalue weighted by molar-refractivity contribution is 6.07. The summed E-state index contributed by atoms with van der Waals surface area (Å²) in [5, 5.41) is 2.65. The smallest absolute Gasteiger partial charge is 0.356 e. The van der Waals surface area contributed by atoms with Gasteiger partial charge in [-0.05, 0) is 31.4 Å². The first-order chi connectivity index (χ1) is 11.3. The summed E-state index contributed by atoms with van der Waals surface area (Å²) in [6.07, 6.45) is 0.660. The van der Waals surface area contributed by atoms with Crippen LogP contribution < -0.4 is 10.9 Å². The molecule has 0 spiro atoms. The van der Waals surface area contributed by atoms with Gasteiger partial charge in [0.1, 0.15) is 5.69 Å². The van der Waals surface area contributed by atoms with E-state index in [0.717, 1.165) is 0 Å². The third-order valence-corrected chi connectivity index (χ3v) is 3.38. The number of methoxy groups -OCH3 is 1. The summed E-state index contributed by atoms with van der Waals surface area (Å²) >= 11 is 0. The van der Waals surface area contributed by atoms with E-state index >= 15 is 0 Å². The SMILES string of the molecule is COC(=O)c1[nH]c(C)cc1NC(=O)c1cc(CC(C)C)[nH]c(=O)c1. The Balaban J connectivity index is 2.29. The van der Waals surface area contributed by atoms with Crippen LogP contribution in [0.4, 0.5) is 5.69 Å². The van der Waals surface area contributed by atoms with Gasteiger partial charge in [-0.2, -0.15) is 0 Å². The van der Waals surface area contributed by atoms with Crippen LogP contribution in [0.25, 0.3) is 0 Å². The van der Waals surface area contributed by atoms with Gasteiger partial charge in [-0.3, -0.25) is 9.59 Å². The molecule has 0 atom stereocenters. The van der Waals surface area contributed by atoms with Crippen molar-refractivity contribution < 1.29 is 14.3 Å². The topological polar surface area (TPSA) is 104 Å².